The topological polar surface area (TPSA) is 23.8 Å². The number of nitriles is 1. The maximum absolute atomic E-state index is 12.7. The van der Waals surface area contributed by atoms with E-state index in [9.17, 15) is 22.0 Å². The summed E-state index contributed by atoms with van der Waals surface area (Å²) in [7, 11) is 0. The van der Waals surface area contributed by atoms with Gasteiger partial charge < -0.3 is 0 Å². The third-order valence-corrected chi connectivity index (χ3v) is 1.51. The van der Waals surface area contributed by atoms with Gasteiger partial charge in [0.15, 0.2) is 17.5 Å². The second kappa shape index (κ2) is 3.25. The fourth-order valence-corrected chi connectivity index (χ4v) is 0.829. The molecule has 0 unspecified atom stereocenters. The Hall–Kier alpha value is -1.64. The van der Waals surface area contributed by atoms with Crippen LogP contribution in [-0.4, -0.2) is 0 Å². The zero-order chi connectivity index (χ0) is 10.9. The SMILES string of the molecule is N#CC(F)(F)c1ccc(F)c(F)c1F. The maximum Gasteiger partial charge on any atom is 0.360 e. The number of hydrogen-bond donors (Lipinski definition) is 0. The number of benzene rings is 1. The summed E-state index contributed by atoms with van der Waals surface area (Å²) in [4.78, 5) is 0. The molecule has 74 valence electrons. The lowest BCUT2D eigenvalue weighted by atomic mass is 10.1. The van der Waals surface area contributed by atoms with E-state index >= 15 is 0 Å². The molecular weight excluding hydrogens is 205 g/mol. The fourth-order valence-electron chi connectivity index (χ4n) is 0.829. The Bertz CT molecular complexity index is 407. The van der Waals surface area contributed by atoms with Crippen LogP contribution in [-0.2, 0) is 5.92 Å². The summed E-state index contributed by atoms with van der Waals surface area (Å²) in [6, 6.07) is 1.15. The van der Waals surface area contributed by atoms with Crippen LogP contribution in [0.5, 0.6) is 0 Å². The molecule has 0 saturated carbocycles. The van der Waals surface area contributed by atoms with E-state index in [4.69, 9.17) is 5.26 Å². The lowest BCUT2D eigenvalue weighted by molar-refractivity contribution is 0.0561. The first-order valence-corrected chi connectivity index (χ1v) is 3.33. The van der Waals surface area contributed by atoms with Crippen LogP contribution in [0.15, 0.2) is 12.1 Å². The first-order valence-electron chi connectivity index (χ1n) is 3.33. The molecule has 0 saturated heterocycles. The molecule has 0 aliphatic carbocycles. The van der Waals surface area contributed by atoms with Gasteiger partial charge in [0.25, 0.3) is 0 Å². The number of rotatable bonds is 1. The summed E-state index contributed by atoms with van der Waals surface area (Å²) in [6.07, 6.45) is 0. The Morgan fingerprint density at radius 1 is 1.07 bits per heavy atom. The molecule has 0 fully saturated rings. The highest BCUT2D eigenvalue weighted by atomic mass is 19.3. The summed E-state index contributed by atoms with van der Waals surface area (Å²) in [5.41, 5.74) is -1.47. The maximum atomic E-state index is 12.7. The van der Waals surface area contributed by atoms with Crippen LogP contribution < -0.4 is 0 Å². The predicted molar refractivity (Wildman–Crippen MR) is 35.8 cm³/mol. The highest BCUT2D eigenvalue weighted by Gasteiger charge is 2.36. The quantitative estimate of drug-likeness (QED) is 0.513. The molecule has 1 aromatic rings. The van der Waals surface area contributed by atoms with E-state index in [1.807, 2.05) is 0 Å². The van der Waals surface area contributed by atoms with E-state index in [1.54, 1.807) is 0 Å². The van der Waals surface area contributed by atoms with Gasteiger partial charge in [0.2, 0.25) is 0 Å². The molecule has 0 amide bonds. The molecule has 1 rings (SSSR count). The van der Waals surface area contributed by atoms with Crippen molar-refractivity contribution in [2.45, 2.75) is 5.92 Å². The second-order valence-electron chi connectivity index (χ2n) is 2.41. The Labute approximate surface area is 75.4 Å². The molecule has 0 atom stereocenters. The van der Waals surface area contributed by atoms with Crippen molar-refractivity contribution in [3.8, 4) is 6.07 Å². The molecule has 0 aliphatic rings. The van der Waals surface area contributed by atoms with Crippen LogP contribution in [0, 0.1) is 28.8 Å². The lowest BCUT2D eigenvalue weighted by Crippen LogP contribution is -2.14. The van der Waals surface area contributed by atoms with E-state index in [0.29, 0.717) is 18.2 Å². The van der Waals surface area contributed by atoms with E-state index in [2.05, 4.69) is 0 Å². The zero-order valence-corrected chi connectivity index (χ0v) is 6.49. The molecule has 0 radical (unpaired) electrons. The van der Waals surface area contributed by atoms with Gasteiger partial charge in [0, 0.05) is 0 Å². The van der Waals surface area contributed by atoms with Crippen molar-refractivity contribution in [2.24, 2.45) is 0 Å². The van der Waals surface area contributed by atoms with Crippen molar-refractivity contribution < 1.29 is 22.0 Å². The van der Waals surface area contributed by atoms with Crippen LogP contribution in [0.2, 0.25) is 0 Å². The Kier molecular flexibility index (Phi) is 2.43. The largest absolute Gasteiger partial charge is 0.360 e. The smallest absolute Gasteiger partial charge is 0.204 e. The fraction of sp³-hybridized carbons (Fsp3) is 0.125. The molecule has 0 spiro atoms. The number of hydrogen-bond acceptors (Lipinski definition) is 1. The van der Waals surface area contributed by atoms with Gasteiger partial charge in [0.05, 0.1) is 5.56 Å². The Balaban J connectivity index is 3.41. The van der Waals surface area contributed by atoms with Crippen molar-refractivity contribution in [2.75, 3.05) is 0 Å². The zero-order valence-electron chi connectivity index (χ0n) is 6.49. The van der Waals surface area contributed by atoms with Gasteiger partial charge in [-0.3, -0.25) is 0 Å². The molecule has 6 heteroatoms. The minimum Gasteiger partial charge on any atom is -0.204 e. The number of halogens is 5. The summed E-state index contributed by atoms with van der Waals surface area (Å²) in [5, 5.41) is 7.95. The van der Waals surface area contributed by atoms with Gasteiger partial charge in [-0.05, 0) is 12.1 Å². The minimum absolute atomic E-state index is 0.330. The average molecular weight is 207 g/mol. The van der Waals surface area contributed by atoms with Crippen molar-refractivity contribution in [1.82, 2.24) is 0 Å². The van der Waals surface area contributed by atoms with Crippen LogP contribution in [0.25, 0.3) is 0 Å². The lowest BCUT2D eigenvalue weighted by Gasteiger charge is -2.08. The van der Waals surface area contributed by atoms with Crippen molar-refractivity contribution in [3.63, 3.8) is 0 Å². The van der Waals surface area contributed by atoms with Gasteiger partial charge in [0.1, 0.15) is 6.07 Å². The molecule has 14 heavy (non-hydrogen) atoms. The summed E-state index contributed by atoms with van der Waals surface area (Å²) < 4.78 is 62.6. The third kappa shape index (κ3) is 1.53. The summed E-state index contributed by atoms with van der Waals surface area (Å²) in [5.74, 6) is -9.81. The van der Waals surface area contributed by atoms with E-state index < -0.39 is 28.9 Å². The number of nitrogens with zero attached hydrogens (tertiary/aromatic N) is 1. The molecule has 1 aromatic carbocycles. The van der Waals surface area contributed by atoms with Crippen molar-refractivity contribution in [3.05, 3.63) is 35.1 Å². The predicted octanol–water partition coefficient (Wildman–Crippen LogP) is 2.72. The van der Waals surface area contributed by atoms with Gasteiger partial charge in [-0.25, -0.2) is 13.2 Å². The summed E-state index contributed by atoms with van der Waals surface area (Å²) >= 11 is 0. The van der Waals surface area contributed by atoms with Gasteiger partial charge in [-0.15, -0.1) is 0 Å². The monoisotopic (exact) mass is 207 g/mol. The van der Waals surface area contributed by atoms with Crippen LogP contribution >= 0.6 is 0 Å². The molecule has 0 N–H and O–H groups in total. The third-order valence-electron chi connectivity index (χ3n) is 1.51. The van der Waals surface area contributed by atoms with Crippen LogP contribution in [0.4, 0.5) is 22.0 Å². The van der Waals surface area contributed by atoms with E-state index in [-0.39, 0.29) is 0 Å². The highest BCUT2D eigenvalue weighted by molar-refractivity contribution is 5.28. The standard InChI is InChI=1S/C8H2F5N/c9-5-2-1-4(6(10)7(5)11)8(12,13)3-14/h1-2H. The molecule has 0 aliphatic heterocycles. The molecule has 0 heterocycles. The molecule has 0 aromatic heterocycles. The molecule has 0 bridgehead atoms. The van der Waals surface area contributed by atoms with Crippen LogP contribution in [0.3, 0.4) is 0 Å². The van der Waals surface area contributed by atoms with Crippen molar-refractivity contribution in [1.29, 1.82) is 5.26 Å². The molecule has 1 nitrogen and oxygen atoms in total. The second-order valence-corrected chi connectivity index (χ2v) is 2.41. The molecular formula is C8H2F5N. The van der Waals surface area contributed by atoms with Gasteiger partial charge >= 0.3 is 5.92 Å². The summed E-state index contributed by atoms with van der Waals surface area (Å²) in [6.45, 7) is 0. The van der Waals surface area contributed by atoms with E-state index in [0.717, 1.165) is 0 Å². The van der Waals surface area contributed by atoms with Crippen molar-refractivity contribution >= 4 is 0 Å². The first-order chi connectivity index (χ1) is 6.40. The van der Waals surface area contributed by atoms with Crippen LogP contribution in [0.1, 0.15) is 5.56 Å². The first kappa shape index (κ1) is 10.4. The Morgan fingerprint density at radius 3 is 2.14 bits per heavy atom. The minimum atomic E-state index is -4.17. The van der Waals surface area contributed by atoms with Gasteiger partial charge in [-0.1, -0.05) is 0 Å². The van der Waals surface area contributed by atoms with E-state index in [1.165, 1.54) is 0 Å². The normalized spacial score (nSPS) is 11.1. The highest BCUT2D eigenvalue weighted by Crippen LogP contribution is 2.30. The average Bonchev–Trinajstić information content (AvgIpc) is 2.14. The van der Waals surface area contributed by atoms with Gasteiger partial charge in [-0.2, -0.15) is 14.0 Å². The Morgan fingerprint density at radius 2 is 1.64 bits per heavy atom. The number of alkyl halides is 2.